The number of nitrogens with one attached hydrogen (secondary N) is 1. The molecule has 0 bridgehead atoms. The summed E-state index contributed by atoms with van der Waals surface area (Å²) in [4.78, 5) is 0. The lowest BCUT2D eigenvalue weighted by atomic mass is 10.1. The molecular weight excluding hydrogens is 138 g/mol. The van der Waals surface area contributed by atoms with Gasteiger partial charge in [0, 0.05) is 12.5 Å². The number of furan rings is 1. The van der Waals surface area contributed by atoms with Crippen molar-refractivity contribution in [2.75, 3.05) is 13.6 Å². The molecule has 0 amide bonds. The van der Waals surface area contributed by atoms with Crippen molar-refractivity contribution in [3.63, 3.8) is 0 Å². The maximum absolute atomic E-state index is 5.40. The molecule has 0 aromatic carbocycles. The molecule has 1 unspecified atom stereocenters. The topological polar surface area (TPSA) is 25.2 Å². The van der Waals surface area contributed by atoms with E-state index in [1.807, 2.05) is 7.05 Å². The third-order valence-corrected chi connectivity index (χ3v) is 2.36. The first-order chi connectivity index (χ1) is 5.42. The van der Waals surface area contributed by atoms with Crippen LogP contribution in [0.5, 0.6) is 0 Å². The van der Waals surface area contributed by atoms with E-state index in [9.17, 15) is 0 Å². The number of likely N-dealkylation sites (N-methyl/N-ethyl adjacent to an activating group) is 1. The fraction of sp³-hybridized carbons (Fsp3) is 0.556. The predicted octanol–water partition coefficient (Wildman–Crippen LogP) is 1.53. The zero-order valence-electron chi connectivity index (χ0n) is 6.76. The van der Waals surface area contributed by atoms with E-state index < -0.39 is 0 Å². The van der Waals surface area contributed by atoms with Crippen LogP contribution in [0.2, 0.25) is 0 Å². The Hall–Kier alpha value is -0.760. The van der Waals surface area contributed by atoms with E-state index in [1.54, 1.807) is 6.26 Å². The molecule has 1 heterocycles. The van der Waals surface area contributed by atoms with Crippen LogP contribution >= 0.6 is 0 Å². The van der Waals surface area contributed by atoms with Crippen molar-refractivity contribution < 1.29 is 4.42 Å². The molecule has 1 aliphatic rings. The largest absolute Gasteiger partial charge is 0.469 e. The molecule has 60 valence electrons. The minimum Gasteiger partial charge on any atom is -0.469 e. The van der Waals surface area contributed by atoms with Gasteiger partial charge < -0.3 is 9.73 Å². The molecule has 2 rings (SSSR count). The number of rotatable bonds is 2. The van der Waals surface area contributed by atoms with Gasteiger partial charge in [-0.1, -0.05) is 0 Å². The van der Waals surface area contributed by atoms with Crippen LogP contribution in [0, 0.1) is 0 Å². The highest BCUT2D eigenvalue weighted by atomic mass is 16.3. The van der Waals surface area contributed by atoms with E-state index in [0.717, 1.165) is 6.54 Å². The van der Waals surface area contributed by atoms with Gasteiger partial charge in [-0.3, -0.25) is 0 Å². The Morgan fingerprint density at radius 1 is 1.73 bits per heavy atom. The number of aryl methyl sites for hydroxylation is 1. The summed E-state index contributed by atoms with van der Waals surface area (Å²) in [6.45, 7) is 1.04. The second kappa shape index (κ2) is 2.70. The third-order valence-electron chi connectivity index (χ3n) is 2.36. The van der Waals surface area contributed by atoms with Crippen LogP contribution in [0.4, 0.5) is 0 Å². The van der Waals surface area contributed by atoms with Crippen LogP contribution in [-0.4, -0.2) is 13.6 Å². The van der Waals surface area contributed by atoms with Gasteiger partial charge in [0.1, 0.15) is 5.76 Å². The van der Waals surface area contributed by atoms with Gasteiger partial charge in [0.05, 0.1) is 6.26 Å². The van der Waals surface area contributed by atoms with Crippen LogP contribution in [0.1, 0.15) is 23.7 Å². The standard InChI is InChI=1S/C9H13NO/c1-10-6-8-3-2-7-4-5-11-9(7)8/h4-5,8,10H,2-3,6H2,1H3. The Balaban J connectivity index is 2.18. The van der Waals surface area contributed by atoms with E-state index in [2.05, 4.69) is 11.4 Å². The van der Waals surface area contributed by atoms with Crippen molar-refractivity contribution in [3.8, 4) is 0 Å². The molecule has 1 N–H and O–H groups in total. The maximum atomic E-state index is 5.40. The van der Waals surface area contributed by atoms with Crippen molar-refractivity contribution in [1.82, 2.24) is 5.32 Å². The second-order valence-electron chi connectivity index (χ2n) is 3.10. The lowest BCUT2D eigenvalue weighted by Crippen LogP contribution is -2.14. The third kappa shape index (κ3) is 1.07. The Bertz CT molecular complexity index is 241. The molecule has 1 aromatic heterocycles. The van der Waals surface area contributed by atoms with Gasteiger partial charge in [0.25, 0.3) is 0 Å². The van der Waals surface area contributed by atoms with E-state index >= 15 is 0 Å². The molecule has 0 fully saturated rings. The van der Waals surface area contributed by atoms with Gasteiger partial charge in [0.2, 0.25) is 0 Å². The zero-order valence-corrected chi connectivity index (χ0v) is 6.76. The first-order valence-electron chi connectivity index (χ1n) is 4.12. The molecule has 1 aromatic rings. The molecule has 11 heavy (non-hydrogen) atoms. The van der Waals surface area contributed by atoms with E-state index in [0.29, 0.717) is 5.92 Å². The average Bonchev–Trinajstić information content (AvgIpc) is 2.53. The van der Waals surface area contributed by atoms with Crippen molar-refractivity contribution in [3.05, 3.63) is 23.7 Å². The minimum atomic E-state index is 0.616. The smallest absolute Gasteiger partial charge is 0.111 e. The molecule has 1 aliphatic carbocycles. The van der Waals surface area contributed by atoms with Crippen LogP contribution in [0.25, 0.3) is 0 Å². The van der Waals surface area contributed by atoms with Gasteiger partial charge in [-0.25, -0.2) is 0 Å². The Morgan fingerprint density at radius 3 is 3.45 bits per heavy atom. The van der Waals surface area contributed by atoms with Crippen molar-refractivity contribution in [2.24, 2.45) is 0 Å². The van der Waals surface area contributed by atoms with Crippen LogP contribution < -0.4 is 5.32 Å². The molecule has 0 aliphatic heterocycles. The normalized spacial score (nSPS) is 22.1. The summed E-state index contributed by atoms with van der Waals surface area (Å²) >= 11 is 0. The molecule has 0 radical (unpaired) electrons. The molecular formula is C9H13NO. The van der Waals surface area contributed by atoms with Gasteiger partial charge >= 0.3 is 0 Å². The zero-order chi connectivity index (χ0) is 7.68. The molecule has 0 saturated heterocycles. The molecule has 2 nitrogen and oxygen atoms in total. The summed E-state index contributed by atoms with van der Waals surface area (Å²) in [5, 5.41) is 3.18. The number of fused-ring (bicyclic) bond motifs is 1. The number of hydrogen-bond donors (Lipinski definition) is 1. The van der Waals surface area contributed by atoms with E-state index in [4.69, 9.17) is 4.42 Å². The van der Waals surface area contributed by atoms with E-state index in [-0.39, 0.29) is 0 Å². The highest BCUT2D eigenvalue weighted by molar-refractivity contribution is 5.26. The summed E-state index contributed by atoms with van der Waals surface area (Å²) in [7, 11) is 1.99. The summed E-state index contributed by atoms with van der Waals surface area (Å²) in [5.74, 6) is 1.82. The lowest BCUT2D eigenvalue weighted by molar-refractivity contribution is 0.459. The first kappa shape index (κ1) is 6.92. The van der Waals surface area contributed by atoms with Gasteiger partial charge in [-0.15, -0.1) is 0 Å². The highest BCUT2D eigenvalue weighted by Crippen LogP contribution is 2.32. The minimum absolute atomic E-state index is 0.616. The van der Waals surface area contributed by atoms with Gasteiger partial charge in [-0.05, 0) is 31.5 Å². The fourth-order valence-corrected chi connectivity index (χ4v) is 1.81. The van der Waals surface area contributed by atoms with Crippen molar-refractivity contribution in [1.29, 1.82) is 0 Å². The number of hydrogen-bond acceptors (Lipinski definition) is 2. The van der Waals surface area contributed by atoms with Crippen LogP contribution in [0.15, 0.2) is 16.7 Å². The Labute approximate surface area is 66.6 Å². The summed E-state index contributed by atoms with van der Waals surface area (Å²) < 4.78 is 5.40. The second-order valence-corrected chi connectivity index (χ2v) is 3.10. The Kier molecular flexibility index (Phi) is 1.70. The maximum Gasteiger partial charge on any atom is 0.111 e. The Morgan fingerprint density at radius 2 is 2.64 bits per heavy atom. The van der Waals surface area contributed by atoms with E-state index in [1.165, 1.54) is 24.2 Å². The summed E-state index contributed by atoms with van der Waals surface area (Å²) in [6, 6.07) is 2.09. The molecule has 0 spiro atoms. The van der Waals surface area contributed by atoms with Crippen LogP contribution in [0.3, 0.4) is 0 Å². The first-order valence-corrected chi connectivity index (χ1v) is 4.12. The van der Waals surface area contributed by atoms with Gasteiger partial charge in [-0.2, -0.15) is 0 Å². The fourth-order valence-electron chi connectivity index (χ4n) is 1.81. The van der Waals surface area contributed by atoms with Crippen LogP contribution in [-0.2, 0) is 6.42 Å². The highest BCUT2D eigenvalue weighted by Gasteiger charge is 2.24. The van der Waals surface area contributed by atoms with Crippen molar-refractivity contribution in [2.45, 2.75) is 18.8 Å². The quantitative estimate of drug-likeness (QED) is 0.693. The lowest BCUT2D eigenvalue weighted by Gasteiger charge is -2.06. The predicted molar refractivity (Wildman–Crippen MR) is 43.7 cm³/mol. The molecule has 1 atom stereocenters. The molecule has 2 heteroatoms. The summed E-state index contributed by atoms with van der Waals surface area (Å²) in [5.41, 5.74) is 1.41. The summed E-state index contributed by atoms with van der Waals surface area (Å²) in [6.07, 6.45) is 4.24. The average molecular weight is 151 g/mol. The van der Waals surface area contributed by atoms with Gasteiger partial charge in [0.15, 0.2) is 0 Å². The van der Waals surface area contributed by atoms with Crippen molar-refractivity contribution >= 4 is 0 Å². The molecule has 0 saturated carbocycles. The monoisotopic (exact) mass is 151 g/mol. The SMILES string of the molecule is CNCC1CCc2ccoc21.